The van der Waals surface area contributed by atoms with E-state index < -0.39 is 24.3 Å². The number of benzene rings is 3. The number of hydrogen-bond donors (Lipinski definition) is 1. The van der Waals surface area contributed by atoms with Crippen LogP contribution in [-0.2, 0) is 23.3 Å². The fraction of sp³-hybridized carbons (Fsp3) is 0.343. The van der Waals surface area contributed by atoms with Gasteiger partial charge in [0.1, 0.15) is 10.8 Å². The number of carboxylic acid groups (broad SMARTS) is 1. The lowest BCUT2D eigenvalue weighted by molar-refractivity contribution is -0.139. The number of carboxylic acids is 1. The molecule has 0 radical (unpaired) electrons. The molecule has 47 heavy (non-hydrogen) atoms. The zero-order chi connectivity index (χ0) is 33.7. The van der Waals surface area contributed by atoms with Crippen molar-refractivity contribution < 1.29 is 32.6 Å². The summed E-state index contributed by atoms with van der Waals surface area (Å²) < 4.78 is 45.1. The molecule has 7 nitrogen and oxygen atoms in total. The summed E-state index contributed by atoms with van der Waals surface area (Å²) in [5, 5.41) is 9.71. The highest BCUT2D eigenvalue weighted by Gasteiger charge is 2.30. The summed E-state index contributed by atoms with van der Waals surface area (Å²) in [5.41, 5.74) is 3.53. The van der Waals surface area contributed by atoms with Crippen molar-refractivity contribution in [2.45, 2.75) is 50.1 Å². The Morgan fingerprint density at radius 1 is 1.00 bits per heavy atom. The second-order valence-electron chi connectivity index (χ2n) is 11.7. The number of halogens is 3. The molecule has 12 heteroatoms. The molecule has 4 aromatic rings. The van der Waals surface area contributed by atoms with Gasteiger partial charge in [0.25, 0.3) is 0 Å². The van der Waals surface area contributed by atoms with E-state index in [1.165, 1.54) is 23.5 Å². The highest BCUT2D eigenvalue weighted by atomic mass is 32.2. The van der Waals surface area contributed by atoms with Gasteiger partial charge in [-0.15, -0.1) is 23.1 Å². The Bertz CT molecular complexity index is 1700. The summed E-state index contributed by atoms with van der Waals surface area (Å²) in [4.78, 5) is 34.3. The molecule has 1 N–H and O–H groups in total. The average Bonchev–Trinajstić information content (AvgIpc) is 3.45. The van der Waals surface area contributed by atoms with Crippen molar-refractivity contribution in [3.05, 3.63) is 94.0 Å². The first-order valence-electron chi connectivity index (χ1n) is 15.2. The number of aromatic nitrogens is 1. The molecule has 0 amide bonds. The SMILES string of the molecule is CC(=O)c1ccc(N2CCN(Cc3nc(-c4ccc(C(F)(F)F)cc4)sc3CSc3ccc(OCC(=O)O)c(C(C)C)c3)CC2)cc1. The Hall–Kier alpha value is -3.87. The molecule has 1 fully saturated rings. The number of anilines is 1. The predicted octanol–water partition coefficient (Wildman–Crippen LogP) is 8.23. The second kappa shape index (κ2) is 14.9. The molecule has 5 rings (SSSR count). The van der Waals surface area contributed by atoms with Gasteiger partial charge in [-0.05, 0) is 73.0 Å². The summed E-state index contributed by atoms with van der Waals surface area (Å²) in [6, 6.07) is 18.5. The van der Waals surface area contributed by atoms with Gasteiger partial charge in [0, 0.05) is 65.1 Å². The van der Waals surface area contributed by atoms with E-state index in [0.29, 0.717) is 34.2 Å². The van der Waals surface area contributed by atoms with Crippen LogP contribution in [0.15, 0.2) is 71.6 Å². The third-order valence-electron chi connectivity index (χ3n) is 7.95. The molecule has 0 atom stereocenters. The number of ether oxygens (including phenoxy) is 1. The van der Waals surface area contributed by atoms with Crippen LogP contribution in [0.4, 0.5) is 18.9 Å². The van der Waals surface area contributed by atoms with Crippen molar-refractivity contribution in [2.24, 2.45) is 0 Å². The van der Waals surface area contributed by atoms with Crippen molar-refractivity contribution in [1.82, 2.24) is 9.88 Å². The van der Waals surface area contributed by atoms with Gasteiger partial charge in [0.15, 0.2) is 12.4 Å². The van der Waals surface area contributed by atoms with Crippen LogP contribution < -0.4 is 9.64 Å². The molecule has 0 saturated carbocycles. The fourth-order valence-electron chi connectivity index (χ4n) is 5.32. The summed E-state index contributed by atoms with van der Waals surface area (Å²) in [6.45, 7) is 9.05. The van der Waals surface area contributed by atoms with Crippen LogP contribution in [0, 0.1) is 0 Å². The molecule has 0 bridgehead atoms. The van der Waals surface area contributed by atoms with E-state index >= 15 is 0 Å². The number of nitrogens with zero attached hydrogens (tertiary/aromatic N) is 3. The molecule has 1 aliphatic heterocycles. The zero-order valence-electron chi connectivity index (χ0n) is 26.3. The second-order valence-corrected chi connectivity index (χ2v) is 13.8. The molecule has 2 heterocycles. The smallest absolute Gasteiger partial charge is 0.416 e. The molecule has 1 aliphatic rings. The fourth-order valence-corrected chi connectivity index (χ4v) is 7.44. The third-order valence-corrected chi connectivity index (χ3v) is 10.3. The molecule has 0 aliphatic carbocycles. The van der Waals surface area contributed by atoms with Crippen LogP contribution in [-0.4, -0.2) is 59.5 Å². The third kappa shape index (κ3) is 8.94. The molecular formula is C35H36F3N3O4S2. The minimum Gasteiger partial charge on any atom is -0.482 e. The minimum absolute atomic E-state index is 0.0383. The van der Waals surface area contributed by atoms with E-state index in [-0.39, 0.29) is 11.7 Å². The molecule has 248 valence electrons. The monoisotopic (exact) mass is 683 g/mol. The van der Waals surface area contributed by atoms with Crippen LogP contribution in [0.2, 0.25) is 0 Å². The molecule has 0 spiro atoms. The van der Waals surface area contributed by atoms with Crippen LogP contribution in [0.3, 0.4) is 0 Å². The first-order chi connectivity index (χ1) is 22.4. The Labute approximate surface area is 280 Å². The van der Waals surface area contributed by atoms with Gasteiger partial charge in [-0.1, -0.05) is 26.0 Å². The average molecular weight is 684 g/mol. The number of thiazole rings is 1. The summed E-state index contributed by atoms with van der Waals surface area (Å²) in [7, 11) is 0. The number of alkyl halides is 3. The van der Waals surface area contributed by atoms with Gasteiger partial charge in [-0.3, -0.25) is 9.69 Å². The van der Waals surface area contributed by atoms with E-state index in [2.05, 4.69) is 9.80 Å². The van der Waals surface area contributed by atoms with E-state index in [0.717, 1.165) is 65.0 Å². The number of aliphatic carboxylic acids is 1. The Balaban J connectivity index is 1.33. The number of piperazine rings is 1. The molecule has 3 aromatic carbocycles. The zero-order valence-corrected chi connectivity index (χ0v) is 28.0. The molecule has 1 aromatic heterocycles. The lowest BCUT2D eigenvalue weighted by Crippen LogP contribution is -2.46. The standard InChI is InChI=1S/C35H36F3N3O4S2/c1-22(2)29-18-28(12-13-31(29)45-20-33(43)44)46-21-32-30(39-34(47-32)25-4-8-26(9-5-25)35(36,37)38)19-40-14-16-41(17-15-40)27-10-6-24(7-11-27)23(3)42/h4-13,18,22H,14-17,19-21H2,1-3H3,(H,43,44). The lowest BCUT2D eigenvalue weighted by Gasteiger charge is -2.36. The van der Waals surface area contributed by atoms with Crippen LogP contribution in [0.5, 0.6) is 5.75 Å². The predicted molar refractivity (Wildman–Crippen MR) is 180 cm³/mol. The van der Waals surface area contributed by atoms with Crippen LogP contribution in [0.25, 0.3) is 10.6 Å². The minimum atomic E-state index is -4.41. The maximum absolute atomic E-state index is 13.2. The van der Waals surface area contributed by atoms with Crippen molar-refractivity contribution in [3.8, 4) is 16.3 Å². The summed E-state index contributed by atoms with van der Waals surface area (Å²) >= 11 is 3.12. The lowest BCUT2D eigenvalue weighted by atomic mass is 10.0. The van der Waals surface area contributed by atoms with E-state index in [4.69, 9.17) is 14.8 Å². The number of carbonyl (C=O) groups is 2. The largest absolute Gasteiger partial charge is 0.482 e. The van der Waals surface area contributed by atoms with Gasteiger partial charge in [0.2, 0.25) is 0 Å². The number of rotatable bonds is 12. The maximum atomic E-state index is 13.2. The molecular weight excluding hydrogens is 648 g/mol. The highest BCUT2D eigenvalue weighted by molar-refractivity contribution is 7.98. The first-order valence-corrected chi connectivity index (χ1v) is 17.0. The normalized spacial score (nSPS) is 14.1. The van der Waals surface area contributed by atoms with E-state index in [1.54, 1.807) is 24.8 Å². The maximum Gasteiger partial charge on any atom is 0.416 e. The topological polar surface area (TPSA) is 83.0 Å². The number of thioether (sulfide) groups is 1. The number of ketones is 1. The number of carbonyl (C=O) groups excluding carboxylic acids is 1. The quantitative estimate of drug-likeness (QED) is 0.118. The van der Waals surface area contributed by atoms with Crippen molar-refractivity contribution in [2.75, 3.05) is 37.7 Å². The first kappa shape index (κ1) is 34.5. The Morgan fingerprint density at radius 2 is 1.68 bits per heavy atom. The van der Waals surface area contributed by atoms with Crippen molar-refractivity contribution >= 4 is 40.5 Å². The van der Waals surface area contributed by atoms with Crippen LogP contribution >= 0.6 is 23.1 Å². The van der Waals surface area contributed by atoms with Gasteiger partial charge in [-0.25, -0.2) is 9.78 Å². The Kier molecular flexibility index (Phi) is 10.9. The van der Waals surface area contributed by atoms with Gasteiger partial charge < -0.3 is 14.7 Å². The van der Waals surface area contributed by atoms with E-state index in [1.807, 2.05) is 50.2 Å². The molecule has 1 saturated heterocycles. The van der Waals surface area contributed by atoms with Crippen LogP contribution in [0.1, 0.15) is 58.7 Å². The number of Topliss-reactive ketones (excluding diaryl/α,β-unsaturated/α-hetero) is 1. The van der Waals surface area contributed by atoms with Gasteiger partial charge in [-0.2, -0.15) is 13.2 Å². The molecule has 0 unspecified atom stereocenters. The van der Waals surface area contributed by atoms with Crippen molar-refractivity contribution in [1.29, 1.82) is 0 Å². The summed E-state index contributed by atoms with van der Waals surface area (Å²) in [5.74, 6) is 0.281. The summed E-state index contributed by atoms with van der Waals surface area (Å²) in [6.07, 6.45) is -4.41. The van der Waals surface area contributed by atoms with Gasteiger partial charge >= 0.3 is 12.1 Å². The van der Waals surface area contributed by atoms with E-state index in [9.17, 15) is 22.8 Å². The Morgan fingerprint density at radius 3 is 2.28 bits per heavy atom. The number of hydrogen-bond acceptors (Lipinski definition) is 8. The highest BCUT2D eigenvalue weighted by Crippen LogP contribution is 2.37. The van der Waals surface area contributed by atoms with Crippen molar-refractivity contribution in [3.63, 3.8) is 0 Å². The van der Waals surface area contributed by atoms with Gasteiger partial charge in [0.05, 0.1) is 11.3 Å².